The van der Waals surface area contributed by atoms with Crippen molar-refractivity contribution in [3.05, 3.63) is 64.6 Å². The largest absolute Gasteiger partial charge is 0.492 e. The van der Waals surface area contributed by atoms with Gasteiger partial charge in [0.05, 0.1) is 45.5 Å². The minimum absolute atomic E-state index is 0.0507. The molecule has 1 amide bonds. The molecule has 1 heterocycles. The molecule has 33 heavy (non-hydrogen) atoms. The maximum Gasteiger partial charge on any atom is 0.248 e. The summed E-state index contributed by atoms with van der Waals surface area (Å²) in [6, 6.07) is 10.1. The maximum absolute atomic E-state index is 14.7. The Morgan fingerprint density at radius 3 is 2.76 bits per heavy atom. The van der Waals surface area contributed by atoms with Crippen LogP contribution in [0.25, 0.3) is 10.9 Å². The smallest absolute Gasteiger partial charge is 0.248 e. The van der Waals surface area contributed by atoms with Crippen LogP contribution in [0.3, 0.4) is 0 Å². The first kappa shape index (κ1) is 24.3. The monoisotopic (exact) mass is 486 g/mol. The van der Waals surface area contributed by atoms with Crippen LogP contribution >= 0.6 is 23.2 Å². The summed E-state index contributed by atoms with van der Waals surface area (Å²) in [6.07, 6.45) is 3.31. The molecule has 0 spiro atoms. The Morgan fingerprint density at radius 1 is 1.30 bits per heavy atom. The molecule has 2 N–H and O–H groups in total. The van der Waals surface area contributed by atoms with Crippen molar-refractivity contribution in [2.24, 2.45) is 0 Å². The molecule has 0 fully saturated rings. The lowest BCUT2D eigenvalue weighted by Gasteiger charge is -2.18. The maximum atomic E-state index is 14.7. The van der Waals surface area contributed by atoms with Crippen LogP contribution < -0.4 is 15.4 Å². The fourth-order valence-corrected chi connectivity index (χ4v) is 3.55. The van der Waals surface area contributed by atoms with E-state index in [0.717, 1.165) is 0 Å². The van der Waals surface area contributed by atoms with Crippen LogP contribution in [0, 0.1) is 17.1 Å². The van der Waals surface area contributed by atoms with Gasteiger partial charge in [0.15, 0.2) is 5.82 Å². The predicted molar refractivity (Wildman–Crippen MR) is 130 cm³/mol. The summed E-state index contributed by atoms with van der Waals surface area (Å²) in [4.78, 5) is 16.9. The number of carbonyl (C=O) groups is 1. The first-order valence-corrected chi connectivity index (χ1v) is 11.1. The molecule has 0 radical (unpaired) electrons. The molecule has 6 nitrogen and oxygen atoms in total. The van der Waals surface area contributed by atoms with E-state index < -0.39 is 11.7 Å². The Labute approximate surface area is 201 Å². The number of anilines is 3. The zero-order chi connectivity index (χ0) is 24.0. The standard InChI is InChI=1S/C24H21Cl2FN4O2/c1-3-17-15(13-28)24(31-18-8-5-7-16(26)23(18)27)14-11-20(30-22(32)9-6-10-25)21(33-4-2)12-19(14)29-17/h5-9,11-12H,3-4,10H2,1-2H3,(H,29,31)(H,30,32)/b9-6+. The second-order valence-corrected chi connectivity index (χ2v) is 7.56. The highest BCUT2D eigenvalue weighted by atomic mass is 35.5. The number of hydrogen-bond donors (Lipinski definition) is 2. The van der Waals surface area contributed by atoms with Gasteiger partial charge in [-0.15, -0.1) is 11.6 Å². The molecule has 1 aromatic heterocycles. The third-order valence-corrected chi connectivity index (χ3v) is 5.21. The number of alkyl halides is 1. The molecular formula is C24H21Cl2FN4O2. The van der Waals surface area contributed by atoms with Crippen LogP contribution in [-0.4, -0.2) is 23.4 Å². The molecule has 0 unspecified atom stereocenters. The fourth-order valence-electron chi connectivity index (χ4n) is 3.28. The summed E-state index contributed by atoms with van der Waals surface area (Å²) < 4.78 is 20.4. The zero-order valence-electron chi connectivity index (χ0n) is 18.0. The molecule has 0 aliphatic heterocycles. The summed E-state index contributed by atoms with van der Waals surface area (Å²) in [5, 5.41) is 16.1. The van der Waals surface area contributed by atoms with Crippen molar-refractivity contribution >= 4 is 57.1 Å². The van der Waals surface area contributed by atoms with E-state index >= 15 is 0 Å². The number of nitrogens with one attached hydrogen (secondary N) is 2. The number of nitrogens with zero attached hydrogens (tertiary/aromatic N) is 2. The minimum Gasteiger partial charge on any atom is -0.492 e. The molecule has 170 valence electrons. The van der Waals surface area contributed by atoms with Crippen LogP contribution in [0.2, 0.25) is 5.02 Å². The number of amides is 1. The van der Waals surface area contributed by atoms with Crippen molar-refractivity contribution in [3.8, 4) is 11.8 Å². The van der Waals surface area contributed by atoms with E-state index in [4.69, 9.17) is 27.9 Å². The van der Waals surface area contributed by atoms with Gasteiger partial charge in [0.1, 0.15) is 11.8 Å². The van der Waals surface area contributed by atoms with Gasteiger partial charge < -0.3 is 15.4 Å². The normalized spacial score (nSPS) is 10.9. The van der Waals surface area contributed by atoms with E-state index in [-0.39, 0.29) is 22.2 Å². The van der Waals surface area contributed by atoms with Crippen LogP contribution in [0.1, 0.15) is 25.1 Å². The number of benzene rings is 2. The molecule has 0 aliphatic carbocycles. The number of fused-ring (bicyclic) bond motifs is 1. The molecule has 0 atom stereocenters. The van der Waals surface area contributed by atoms with Gasteiger partial charge in [-0.25, -0.2) is 4.39 Å². The Kier molecular flexibility index (Phi) is 8.10. The van der Waals surface area contributed by atoms with Gasteiger partial charge in [0.2, 0.25) is 5.91 Å². The quantitative estimate of drug-likeness (QED) is 0.286. The second-order valence-electron chi connectivity index (χ2n) is 6.84. The van der Waals surface area contributed by atoms with Crippen molar-refractivity contribution in [2.45, 2.75) is 20.3 Å². The first-order valence-electron chi connectivity index (χ1n) is 10.2. The van der Waals surface area contributed by atoms with E-state index in [1.54, 1.807) is 18.2 Å². The number of nitriles is 1. The van der Waals surface area contributed by atoms with E-state index in [1.807, 2.05) is 13.8 Å². The van der Waals surface area contributed by atoms with Gasteiger partial charge in [-0.2, -0.15) is 5.26 Å². The third kappa shape index (κ3) is 5.36. The number of hydrogen-bond acceptors (Lipinski definition) is 5. The van der Waals surface area contributed by atoms with Crippen molar-refractivity contribution < 1.29 is 13.9 Å². The molecular weight excluding hydrogens is 466 g/mol. The Morgan fingerprint density at radius 2 is 2.09 bits per heavy atom. The number of rotatable bonds is 8. The molecule has 9 heteroatoms. The number of halogens is 3. The summed E-state index contributed by atoms with van der Waals surface area (Å²) in [6.45, 7) is 4.06. The second kappa shape index (κ2) is 11.0. The van der Waals surface area contributed by atoms with E-state index in [0.29, 0.717) is 46.7 Å². The number of ether oxygens (including phenoxy) is 1. The van der Waals surface area contributed by atoms with Crippen molar-refractivity contribution in [2.75, 3.05) is 23.1 Å². The highest BCUT2D eigenvalue weighted by Crippen LogP contribution is 2.38. The lowest BCUT2D eigenvalue weighted by molar-refractivity contribution is -0.111. The number of allylic oxidation sites excluding steroid dienone is 1. The molecule has 0 saturated carbocycles. The summed E-state index contributed by atoms with van der Waals surface area (Å²) in [5.74, 6) is -0.434. The summed E-state index contributed by atoms with van der Waals surface area (Å²) >= 11 is 11.6. The fraction of sp³-hybridized carbons (Fsp3) is 0.208. The Balaban J connectivity index is 2.26. The van der Waals surface area contributed by atoms with E-state index in [9.17, 15) is 14.4 Å². The number of carbonyl (C=O) groups excluding carboxylic acids is 1. The lowest BCUT2D eigenvalue weighted by Crippen LogP contribution is -2.10. The van der Waals surface area contributed by atoms with Crippen LogP contribution in [0.4, 0.5) is 21.5 Å². The van der Waals surface area contributed by atoms with Crippen LogP contribution in [-0.2, 0) is 11.2 Å². The van der Waals surface area contributed by atoms with Gasteiger partial charge in [-0.1, -0.05) is 30.7 Å². The van der Waals surface area contributed by atoms with Gasteiger partial charge in [0, 0.05) is 23.4 Å². The minimum atomic E-state index is -0.642. The molecule has 0 aliphatic rings. The molecule has 3 aromatic rings. The molecule has 0 saturated heterocycles. The number of aromatic nitrogens is 1. The van der Waals surface area contributed by atoms with Gasteiger partial charge >= 0.3 is 0 Å². The molecule has 3 rings (SSSR count). The van der Waals surface area contributed by atoms with Gasteiger partial charge in [0.25, 0.3) is 0 Å². The number of aryl methyl sites for hydroxylation is 1. The first-order chi connectivity index (χ1) is 15.9. The Hall–Kier alpha value is -3.34. The SMILES string of the molecule is CCOc1cc2nc(CC)c(C#N)c(Nc3cccc(Cl)c3F)c2cc1NC(=O)/C=C/CCl. The zero-order valence-corrected chi connectivity index (χ0v) is 19.5. The third-order valence-electron chi connectivity index (χ3n) is 4.74. The summed E-state index contributed by atoms with van der Waals surface area (Å²) in [5.41, 5.74) is 2.17. The van der Waals surface area contributed by atoms with Crippen molar-refractivity contribution in [1.82, 2.24) is 4.98 Å². The molecule has 0 bridgehead atoms. The van der Waals surface area contributed by atoms with Crippen molar-refractivity contribution in [3.63, 3.8) is 0 Å². The van der Waals surface area contributed by atoms with Crippen LogP contribution in [0.5, 0.6) is 5.75 Å². The van der Waals surface area contributed by atoms with E-state index in [2.05, 4.69) is 21.7 Å². The highest BCUT2D eigenvalue weighted by Gasteiger charge is 2.19. The van der Waals surface area contributed by atoms with Gasteiger partial charge in [-0.3, -0.25) is 9.78 Å². The van der Waals surface area contributed by atoms with E-state index in [1.165, 1.54) is 24.3 Å². The van der Waals surface area contributed by atoms with Gasteiger partial charge in [-0.05, 0) is 31.5 Å². The lowest BCUT2D eigenvalue weighted by atomic mass is 10.0. The van der Waals surface area contributed by atoms with Crippen molar-refractivity contribution in [1.29, 1.82) is 5.26 Å². The summed E-state index contributed by atoms with van der Waals surface area (Å²) in [7, 11) is 0. The van der Waals surface area contributed by atoms with Crippen LogP contribution in [0.15, 0.2) is 42.5 Å². The topological polar surface area (TPSA) is 87.0 Å². The molecule has 2 aromatic carbocycles. The number of pyridine rings is 1. The Bertz CT molecular complexity index is 1270. The highest BCUT2D eigenvalue weighted by molar-refractivity contribution is 6.31. The average Bonchev–Trinajstić information content (AvgIpc) is 2.81. The average molecular weight is 487 g/mol. The predicted octanol–water partition coefficient (Wildman–Crippen LogP) is 6.34.